The Bertz CT molecular complexity index is 352. The lowest BCUT2D eigenvalue weighted by Crippen LogP contribution is -2.29. The van der Waals surface area contributed by atoms with Crippen LogP contribution in [0.4, 0.5) is 11.4 Å². The molecule has 0 saturated heterocycles. The Kier molecular flexibility index (Phi) is 2.26. The number of fused-ring (bicyclic) bond motifs is 1. The number of carboxylic acids is 1. The van der Waals surface area contributed by atoms with E-state index in [2.05, 4.69) is 10.6 Å². The summed E-state index contributed by atoms with van der Waals surface area (Å²) in [5.41, 5.74) is 1.83. The van der Waals surface area contributed by atoms with Crippen molar-refractivity contribution in [1.82, 2.24) is 0 Å². The van der Waals surface area contributed by atoms with Gasteiger partial charge in [0.2, 0.25) is 0 Å². The van der Waals surface area contributed by atoms with Gasteiger partial charge in [0.25, 0.3) is 0 Å². The SMILES string of the molecule is O=C(O)C1CCNc2ccccc2N1. The first-order valence-electron chi connectivity index (χ1n) is 4.59. The molecule has 1 heterocycles. The summed E-state index contributed by atoms with van der Waals surface area (Å²) in [6.45, 7) is 0.682. The molecule has 0 fully saturated rings. The smallest absolute Gasteiger partial charge is 0.326 e. The summed E-state index contributed by atoms with van der Waals surface area (Å²) in [5.74, 6) is -0.802. The Labute approximate surface area is 81.9 Å². The maximum Gasteiger partial charge on any atom is 0.326 e. The van der Waals surface area contributed by atoms with E-state index in [1.807, 2.05) is 24.3 Å². The third-order valence-corrected chi connectivity index (χ3v) is 2.30. The second-order valence-corrected chi connectivity index (χ2v) is 3.30. The molecule has 1 unspecified atom stereocenters. The van der Waals surface area contributed by atoms with E-state index in [0.29, 0.717) is 13.0 Å². The molecule has 3 N–H and O–H groups in total. The van der Waals surface area contributed by atoms with Crippen molar-refractivity contribution in [1.29, 1.82) is 0 Å². The third kappa shape index (κ3) is 1.64. The largest absolute Gasteiger partial charge is 0.480 e. The fourth-order valence-electron chi connectivity index (χ4n) is 1.56. The minimum Gasteiger partial charge on any atom is -0.480 e. The number of hydrogen-bond acceptors (Lipinski definition) is 3. The first-order valence-corrected chi connectivity index (χ1v) is 4.59. The molecule has 1 aromatic carbocycles. The maximum atomic E-state index is 10.8. The zero-order valence-corrected chi connectivity index (χ0v) is 7.66. The van der Waals surface area contributed by atoms with Crippen LogP contribution in [0.25, 0.3) is 0 Å². The van der Waals surface area contributed by atoms with Crippen LogP contribution in [0.3, 0.4) is 0 Å². The van der Waals surface area contributed by atoms with E-state index in [1.165, 1.54) is 0 Å². The van der Waals surface area contributed by atoms with Gasteiger partial charge in [0.05, 0.1) is 11.4 Å². The second-order valence-electron chi connectivity index (χ2n) is 3.30. The standard InChI is InChI=1S/C10H12N2O2/c13-10(14)9-5-6-11-7-3-1-2-4-8(7)12-9/h1-4,9,11-12H,5-6H2,(H,13,14). The van der Waals surface area contributed by atoms with Gasteiger partial charge in [-0.2, -0.15) is 0 Å². The van der Waals surface area contributed by atoms with Crippen LogP contribution in [-0.4, -0.2) is 23.7 Å². The molecular formula is C10H12N2O2. The van der Waals surface area contributed by atoms with Gasteiger partial charge in [-0.25, -0.2) is 4.79 Å². The lowest BCUT2D eigenvalue weighted by Gasteiger charge is -2.12. The molecule has 74 valence electrons. The molecule has 1 aliphatic rings. The van der Waals surface area contributed by atoms with E-state index in [1.54, 1.807) is 0 Å². The Balaban J connectivity index is 2.26. The number of nitrogens with one attached hydrogen (secondary N) is 2. The molecule has 14 heavy (non-hydrogen) atoms. The van der Waals surface area contributed by atoms with Crippen molar-refractivity contribution in [2.75, 3.05) is 17.2 Å². The molecule has 0 amide bonds. The fraction of sp³-hybridized carbons (Fsp3) is 0.300. The zero-order chi connectivity index (χ0) is 9.97. The van der Waals surface area contributed by atoms with Crippen LogP contribution >= 0.6 is 0 Å². The molecule has 4 nitrogen and oxygen atoms in total. The molecular weight excluding hydrogens is 180 g/mol. The van der Waals surface area contributed by atoms with Crippen LogP contribution in [0, 0.1) is 0 Å². The number of rotatable bonds is 1. The van der Waals surface area contributed by atoms with E-state index in [4.69, 9.17) is 5.11 Å². The van der Waals surface area contributed by atoms with Crippen LogP contribution in [0.2, 0.25) is 0 Å². The van der Waals surface area contributed by atoms with E-state index in [0.717, 1.165) is 11.4 Å². The number of anilines is 2. The summed E-state index contributed by atoms with van der Waals surface area (Å²) in [4.78, 5) is 10.8. The fourth-order valence-corrected chi connectivity index (χ4v) is 1.56. The van der Waals surface area contributed by atoms with Gasteiger partial charge in [0, 0.05) is 6.54 Å². The molecule has 0 aromatic heterocycles. The van der Waals surface area contributed by atoms with Crippen LogP contribution in [0.1, 0.15) is 6.42 Å². The Morgan fingerprint density at radius 1 is 1.36 bits per heavy atom. The number of carboxylic acid groups (broad SMARTS) is 1. The van der Waals surface area contributed by atoms with Gasteiger partial charge in [-0.3, -0.25) is 0 Å². The molecule has 4 heteroatoms. The minimum absolute atomic E-state index is 0.494. The molecule has 0 saturated carbocycles. The van der Waals surface area contributed by atoms with Crippen molar-refractivity contribution in [3.8, 4) is 0 Å². The Morgan fingerprint density at radius 2 is 2.07 bits per heavy atom. The van der Waals surface area contributed by atoms with Gasteiger partial charge in [-0.1, -0.05) is 12.1 Å². The van der Waals surface area contributed by atoms with Gasteiger partial charge >= 0.3 is 5.97 Å². The number of aliphatic carboxylic acids is 1. The quantitative estimate of drug-likeness (QED) is 0.629. The second kappa shape index (κ2) is 3.57. The van der Waals surface area contributed by atoms with Crippen molar-refractivity contribution < 1.29 is 9.90 Å². The lowest BCUT2D eigenvalue weighted by atomic mass is 10.2. The summed E-state index contributed by atoms with van der Waals surface area (Å²) in [6.07, 6.45) is 0.587. The summed E-state index contributed by atoms with van der Waals surface area (Å²) in [7, 11) is 0. The summed E-state index contributed by atoms with van der Waals surface area (Å²) in [5, 5.41) is 15.1. The lowest BCUT2D eigenvalue weighted by molar-refractivity contribution is -0.137. The highest BCUT2D eigenvalue weighted by Gasteiger charge is 2.20. The number of carbonyl (C=O) groups is 1. The predicted molar refractivity (Wildman–Crippen MR) is 54.6 cm³/mol. The van der Waals surface area contributed by atoms with Crippen LogP contribution in [0.15, 0.2) is 24.3 Å². The first-order chi connectivity index (χ1) is 6.77. The van der Waals surface area contributed by atoms with Gasteiger partial charge in [0.1, 0.15) is 6.04 Å². The minimum atomic E-state index is -0.802. The van der Waals surface area contributed by atoms with Crippen molar-refractivity contribution in [3.63, 3.8) is 0 Å². The molecule has 1 aliphatic heterocycles. The van der Waals surface area contributed by atoms with Gasteiger partial charge in [-0.15, -0.1) is 0 Å². The molecule has 2 rings (SSSR count). The van der Waals surface area contributed by atoms with E-state index in [-0.39, 0.29) is 0 Å². The topological polar surface area (TPSA) is 61.4 Å². The third-order valence-electron chi connectivity index (χ3n) is 2.30. The predicted octanol–water partition coefficient (Wildman–Crippen LogP) is 1.37. The molecule has 0 aliphatic carbocycles. The van der Waals surface area contributed by atoms with Gasteiger partial charge in [-0.05, 0) is 18.6 Å². The van der Waals surface area contributed by atoms with Gasteiger partial charge in [0.15, 0.2) is 0 Å². The average molecular weight is 192 g/mol. The molecule has 1 aromatic rings. The van der Waals surface area contributed by atoms with Crippen LogP contribution in [0.5, 0.6) is 0 Å². The van der Waals surface area contributed by atoms with Crippen molar-refractivity contribution in [3.05, 3.63) is 24.3 Å². The zero-order valence-electron chi connectivity index (χ0n) is 7.66. The monoisotopic (exact) mass is 192 g/mol. The van der Waals surface area contributed by atoms with E-state index < -0.39 is 12.0 Å². The van der Waals surface area contributed by atoms with Crippen LogP contribution in [-0.2, 0) is 4.79 Å². The van der Waals surface area contributed by atoms with Gasteiger partial charge < -0.3 is 15.7 Å². The molecule has 1 atom stereocenters. The molecule has 0 spiro atoms. The van der Waals surface area contributed by atoms with Crippen molar-refractivity contribution in [2.45, 2.75) is 12.5 Å². The highest BCUT2D eigenvalue weighted by molar-refractivity contribution is 5.81. The van der Waals surface area contributed by atoms with Crippen molar-refractivity contribution >= 4 is 17.3 Å². The van der Waals surface area contributed by atoms with E-state index in [9.17, 15) is 4.79 Å². The maximum absolute atomic E-state index is 10.8. The van der Waals surface area contributed by atoms with E-state index >= 15 is 0 Å². The highest BCUT2D eigenvalue weighted by Crippen LogP contribution is 2.24. The Morgan fingerprint density at radius 3 is 2.79 bits per heavy atom. The Hall–Kier alpha value is -1.71. The highest BCUT2D eigenvalue weighted by atomic mass is 16.4. The first kappa shape index (κ1) is 8.87. The molecule has 0 bridgehead atoms. The number of benzene rings is 1. The number of hydrogen-bond donors (Lipinski definition) is 3. The molecule has 0 radical (unpaired) electrons. The average Bonchev–Trinajstić information content (AvgIpc) is 2.39. The summed E-state index contributed by atoms with van der Waals surface area (Å²) < 4.78 is 0. The normalized spacial score (nSPS) is 19.9. The number of para-hydroxylation sites is 2. The van der Waals surface area contributed by atoms with Crippen LogP contribution < -0.4 is 10.6 Å². The summed E-state index contributed by atoms with van der Waals surface area (Å²) in [6, 6.07) is 7.13. The van der Waals surface area contributed by atoms with Crippen molar-refractivity contribution in [2.24, 2.45) is 0 Å². The summed E-state index contributed by atoms with van der Waals surface area (Å²) >= 11 is 0.